The summed E-state index contributed by atoms with van der Waals surface area (Å²) in [4.78, 5) is 34.2. The minimum atomic E-state index is -5.34. The molecule has 1 amide bonds. The fourth-order valence-electron chi connectivity index (χ4n) is 5.19. The molecular formula is C28H30F8N4O6S2. The van der Waals surface area contributed by atoms with E-state index in [0.29, 0.717) is 30.4 Å². The van der Waals surface area contributed by atoms with Crippen molar-refractivity contribution in [2.45, 2.75) is 82.0 Å². The van der Waals surface area contributed by atoms with Gasteiger partial charge in [0.1, 0.15) is 27.2 Å². The highest BCUT2D eigenvalue weighted by atomic mass is 32.2. The SMILES string of the molecule is CC(NS(=O)(=O)c1ccc(-c2sc(C3=CC(C)(CC(C)(C)C(=O)O)ON3)nc2C(=O)N2CCC(F)(F)CC2)c(C(F)F)c1F)C(F)(F)F. The number of rotatable bonds is 10. The first-order valence-electron chi connectivity index (χ1n) is 14.2. The molecule has 48 heavy (non-hydrogen) atoms. The molecular weight excluding hydrogens is 704 g/mol. The summed E-state index contributed by atoms with van der Waals surface area (Å²) in [7, 11) is -5.34. The van der Waals surface area contributed by atoms with E-state index in [-0.39, 0.29) is 17.1 Å². The zero-order valence-electron chi connectivity index (χ0n) is 25.6. The maximum atomic E-state index is 15.7. The second kappa shape index (κ2) is 12.8. The number of nitrogens with zero attached hydrogens (tertiary/aromatic N) is 2. The molecule has 0 bridgehead atoms. The van der Waals surface area contributed by atoms with E-state index in [1.54, 1.807) is 0 Å². The van der Waals surface area contributed by atoms with E-state index in [0.717, 1.165) is 4.90 Å². The molecule has 0 spiro atoms. The summed E-state index contributed by atoms with van der Waals surface area (Å²) in [6.07, 6.45) is -8.92. The predicted octanol–water partition coefficient (Wildman–Crippen LogP) is 6.12. The van der Waals surface area contributed by atoms with Gasteiger partial charge in [-0.2, -0.15) is 17.9 Å². The molecule has 0 saturated carbocycles. The number of carboxylic acid groups (broad SMARTS) is 1. The van der Waals surface area contributed by atoms with Crippen LogP contribution in [-0.4, -0.2) is 72.1 Å². The van der Waals surface area contributed by atoms with Crippen molar-refractivity contribution in [2.75, 3.05) is 13.1 Å². The molecule has 0 aliphatic carbocycles. The number of likely N-dealkylation sites (tertiary alicyclic amines) is 1. The molecule has 2 aliphatic rings. The number of hydroxylamine groups is 1. The number of piperidine rings is 1. The molecule has 1 fully saturated rings. The molecule has 3 heterocycles. The Morgan fingerprint density at radius 1 is 1.19 bits per heavy atom. The highest BCUT2D eigenvalue weighted by molar-refractivity contribution is 7.89. The minimum absolute atomic E-state index is 0.0535. The second-order valence-electron chi connectivity index (χ2n) is 12.3. The third kappa shape index (κ3) is 7.76. The van der Waals surface area contributed by atoms with E-state index in [1.165, 1.54) is 31.6 Å². The monoisotopic (exact) mass is 734 g/mol. The Balaban J connectivity index is 1.86. The third-order valence-electron chi connectivity index (χ3n) is 7.78. The van der Waals surface area contributed by atoms with Crippen molar-refractivity contribution in [1.29, 1.82) is 0 Å². The summed E-state index contributed by atoms with van der Waals surface area (Å²) >= 11 is 0.547. The molecule has 10 nitrogen and oxygen atoms in total. The molecule has 2 atom stereocenters. The Kier molecular flexibility index (Phi) is 10.0. The Morgan fingerprint density at radius 2 is 1.79 bits per heavy atom. The summed E-state index contributed by atoms with van der Waals surface area (Å²) in [5.41, 5.74) is -2.82. The van der Waals surface area contributed by atoms with Gasteiger partial charge in [0.25, 0.3) is 18.3 Å². The number of thiazole rings is 1. The number of nitrogens with one attached hydrogen (secondary N) is 2. The van der Waals surface area contributed by atoms with Crippen molar-refractivity contribution >= 4 is 38.9 Å². The topological polar surface area (TPSA) is 138 Å². The smallest absolute Gasteiger partial charge is 0.404 e. The van der Waals surface area contributed by atoms with Crippen LogP contribution in [0, 0.1) is 11.2 Å². The number of benzene rings is 1. The lowest BCUT2D eigenvalue weighted by atomic mass is 9.81. The van der Waals surface area contributed by atoms with Crippen LogP contribution in [0.4, 0.5) is 35.1 Å². The van der Waals surface area contributed by atoms with Crippen LogP contribution in [0.1, 0.15) is 74.4 Å². The average Bonchev–Trinajstić information content (AvgIpc) is 3.55. The summed E-state index contributed by atoms with van der Waals surface area (Å²) in [6, 6.07) is -1.57. The number of aliphatic carboxylic acids is 1. The number of alkyl halides is 7. The normalized spacial score (nSPS) is 20.9. The van der Waals surface area contributed by atoms with Gasteiger partial charge in [-0.25, -0.2) is 35.4 Å². The fourth-order valence-corrected chi connectivity index (χ4v) is 7.56. The van der Waals surface area contributed by atoms with Gasteiger partial charge in [-0.05, 0) is 46.3 Å². The van der Waals surface area contributed by atoms with Crippen LogP contribution in [0.3, 0.4) is 0 Å². The molecule has 2 aromatic rings. The highest BCUT2D eigenvalue weighted by Crippen LogP contribution is 2.44. The maximum absolute atomic E-state index is 15.7. The van der Waals surface area contributed by atoms with Gasteiger partial charge < -0.3 is 10.0 Å². The first kappa shape index (κ1) is 37.5. The first-order chi connectivity index (χ1) is 21.9. The molecule has 1 saturated heterocycles. The number of amides is 1. The van der Waals surface area contributed by atoms with Crippen molar-refractivity contribution in [3.63, 3.8) is 0 Å². The minimum Gasteiger partial charge on any atom is -0.481 e. The Bertz CT molecular complexity index is 1740. The van der Waals surface area contributed by atoms with Gasteiger partial charge in [0.2, 0.25) is 10.0 Å². The Labute approximate surface area is 273 Å². The number of carbonyl (C=O) groups is 2. The molecule has 4 rings (SSSR count). The van der Waals surface area contributed by atoms with E-state index in [2.05, 4.69) is 10.5 Å². The van der Waals surface area contributed by atoms with Gasteiger partial charge >= 0.3 is 12.1 Å². The average molecular weight is 735 g/mol. The molecule has 2 unspecified atom stereocenters. The van der Waals surface area contributed by atoms with E-state index in [4.69, 9.17) is 4.84 Å². The maximum Gasteiger partial charge on any atom is 0.404 e. The van der Waals surface area contributed by atoms with Gasteiger partial charge in [-0.3, -0.25) is 19.9 Å². The van der Waals surface area contributed by atoms with Crippen LogP contribution in [0.15, 0.2) is 23.1 Å². The van der Waals surface area contributed by atoms with E-state index in [9.17, 15) is 53.8 Å². The van der Waals surface area contributed by atoms with Crippen LogP contribution in [0.2, 0.25) is 0 Å². The molecule has 1 aromatic heterocycles. The number of sulfonamides is 1. The molecule has 1 aromatic carbocycles. The molecule has 266 valence electrons. The standard InChI is InChI=1S/C28H30F8N4O6S2/c1-13(28(34,35)36)39-48(44,45)16-6-5-14(17(18(16)29)21(30)31)20-19(23(41)40-9-7-27(32,33)8-10-40)37-22(47-20)15-11-26(4,46-38-15)12-25(2,3)24(42)43/h5-6,11,13,21,38-39H,7-10,12H2,1-4H3,(H,42,43). The quantitative estimate of drug-likeness (QED) is 0.249. The molecule has 3 N–H and O–H groups in total. The van der Waals surface area contributed by atoms with Crippen molar-refractivity contribution in [2.24, 2.45) is 5.41 Å². The van der Waals surface area contributed by atoms with Gasteiger partial charge in [0, 0.05) is 31.5 Å². The van der Waals surface area contributed by atoms with Crippen LogP contribution in [-0.2, 0) is 19.7 Å². The number of hydrogen-bond donors (Lipinski definition) is 3. The number of aromatic nitrogens is 1. The Hall–Kier alpha value is -3.36. The van der Waals surface area contributed by atoms with Gasteiger partial charge in [0.05, 0.1) is 21.6 Å². The summed E-state index contributed by atoms with van der Waals surface area (Å²) in [6.45, 7) is 3.96. The molecule has 20 heteroatoms. The second-order valence-corrected chi connectivity index (χ2v) is 15.0. The number of hydrogen-bond acceptors (Lipinski definition) is 8. The van der Waals surface area contributed by atoms with Gasteiger partial charge in [0.15, 0.2) is 5.82 Å². The van der Waals surface area contributed by atoms with Crippen molar-refractivity contribution in [1.82, 2.24) is 20.1 Å². The summed E-state index contributed by atoms with van der Waals surface area (Å²) in [5.74, 6) is -7.28. The largest absolute Gasteiger partial charge is 0.481 e. The van der Waals surface area contributed by atoms with Crippen molar-refractivity contribution < 1.29 is 63.1 Å². The van der Waals surface area contributed by atoms with Crippen LogP contribution < -0.4 is 10.2 Å². The summed E-state index contributed by atoms with van der Waals surface area (Å²) in [5, 5.41) is 9.44. The van der Waals surface area contributed by atoms with Crippen LogP contribution in [0.25, 0.3) is 16.1 Å². The molecule has 0 radical (unpaired) electrons. The summed E-state index contributed by atoms with van der Waals surface area (Å²) < 4.78 is 138. The highest BCUT2D eigenvalue weighted by Gasteiger charge is 2.43. The predicted molar refractivity (Wildman–Crippen MR) is 155 cm³/mol. The lowest BCUT2D eigenvalue weighted by Crippen LogP contribution is -2.43. The van der Waals surface area contributed by atoms with E-state index in [1.807, 2.05) is 0 Å². The van der Waals surface area contributed by atoms with Crippen molar-refractivity contribution in [3.8, 4) is 10.4 Å². The zero-order chi connectivity index (χ0) is 36.2. The first-order valence-corrected chi connectivity index (χ1v) is 16.5. The lowest BCUT2D eigenvalue weighted by Gasteiger charge is -2.31. The fraction of sp³-hybridized carbons (Fsp3) is 0.536. The molecule has 2 aliphatic heterocycles. The van der Waals surface area contributed by atoms with Gasteiger partial charge in [-0.1, -0.05) is 6.07 Å². The van der Waals surface area contributed by atoms with Crippen LogP contribution in [0.5, 0.6) is 0 Å². The zero-order valence-corrected chi connectivity index (χ0v) is 27.3. The number of carbonyl (C=O) groups excluding carboxylic acids is 1. The van der Waals surface area contributed by atoms with Crippen LogP contribution >= 0.6 is 11.3 Å². The van der Waals surface area contributed by atoms with E-state index < -0.39 is 116 Å². The number of halogens is 8. The van der Waals surface area contributed by atoms with Gasteiger partial charge in [-0.15, -0.1) is 11.3 Å². The third-order valence-corrected chi connectivity index (χ3v) is 10.5. The van der Waals surface area contributed by atoms with E-state index >= 15 is 4.39 Å². The lowest BCUT2D eigenvalue weighted by molar-refractivity contribution is -0.151. The number of carboxylic acids is 1. The van der Waals surface area contributed by atoms with Crippen molar-refractivity contribution in [3.05, 3.63) is 40.3 Å². The Morgan fingerprint density at radius 3 is 2.33 bits per heavy atom.